The minimum Gasteiger partial charge on any atom is -0.396 e. The van der Waals surface area contributed by atoms with Crippen molar-refractivity contribution in [3.05, 3.63) is 53.6 Å². The molecule has 1 aromatic rings. The molecule has 5 rings (SSSR count). The van der Waals surface area contributed by atoms with Gasteiger partial charge < -0.3 is 24.5 Å². The number of aryl methyl sites for hydroxylation is 2. The molecule has 8 nitrogen and oxygen atoms in total. The highest BCUT2D eigenvalue weighted by atomic mass is 16.5. The van der Waals surface area contributed by atoms with Crippen LogP contribution in [0.4, 0.5) is 5.69 Å². The SMILES string of the molecule is Cc1ccc(C)c(N2CC=C[C@]34O[C@@H]5C=CCN(C)C(=O)[C@@H]5[C@H]3C(=O)N(CCCO)C4C2=O)c1. The number of hydrogen-bond acceptors (Lipinski definition) is 5. The first-order valence-electron chi connectivity index (χ1n) is 11.9. The fraction of sp³-hybridized carbons (Fsp3) is 0.500. The molecule has 1 aromatic carbocycles. The van der Waals surface area contributed by atoms with Crippen LogP contribution < -0.4 is 4.90 Å². The van der Waals surface area contributed by atoms with Crippen molar-refractivity contribution in [1.82, 2.24) is 9.80 Å². The van der Waals surface area contributed by atoms with Crippen molar-refractivity contribution in [2.24, 2.45) is 11.8 Å². The molecule has 0 aromatic heterocycles. The van der Waals surface area contributed by atoms with Crippen molar-refractivity contribution in [2.75, 3.05) is 38.2 Å². The Morgan fingerprint density at radius 1 is 1.09 bits per heavy atom. The molecule has 3 amide bonds. The molecule has 4 aliphatic heterocycles. The van der Waals surface area contributed by atoms with Crippen molar-refractivity contribution < 1.29 is 24.2 Å². The Bertz CT molecular complexity index is 1100. The topological polar surface area (TPSA) is 90.4 Å². The highest BCUT2D eigenvalue weighted by molar-refractivity contribution is 6.06. The van der Waals surface area contributed by atoms with Crippen LogP contribution in [0.5, 0.6) is 0 Å². The number of amides is 3. The van der Waals surface area contributed by atoms with Crippen LogP contribution in [-0.4, -0.2) is 83.7 Å². The molecule has 4 aliphatic rings. The molecular formula is C26H31N3O5. The van der Waals surface area contributed by atoms with Crippen molar-refractivity contribution in [3.8, 4) is 0 Å². The number of ether oxygens (including phenoxy) is 1. The lowest BCUT2D eigenvalue weighted by Gasteiger charge is -2.35. The number of hydrogen-bond donors (Lipinski definition) is 1. The van der Waals surface area contributed by atoms with E-state index in [0.29, 0.717) is 19.5 Å². The lowest BCUT2D eigenvalue weighted by atomic mass is 9.77. The lowest BCUT2D eigenvalue weighted by molar-refractivity contribution is -0.143. The van der Waals surface area contributed by atoms with Gasteiger partial charge in [0.25, 0.3) is 5.91 Å². The molecule has 0 radical (unpaired) electrons. The summed E-state index contributed by atoms with van der Waals surface area (Å²) < 4.78 is 6.56. The van der Waals surface area contributed by atoms with E-state index in [0.717, 1.165) is 16.8 Å². The Hall–Kier alpha value is -2.97. The van der Waals surface area contributed by atoms with Gasteiger partial charge in [0.05, 0.1) is 17.9 Å². The minimum atomic E-state index is -1.23. The van der Waals surface area contributed by atoms with E-state index in [4.69, 9.17) is 4.74 Å². The molecule has 0 bridgehead atoms. The first-order chi connectivity index (χ1) is 16.3. The standard InChI is InChI=1S/C26H31N3O5/c1-16-8-9-17(2)18(15-16)28-12-5-10-26-21(20-19(34-26)7-4-11-27(3)23(20)31)24(32)29(13-6-14-30)22(26)25(28)33/h4-5,7-10,15,19-22,30H,6,11-14H2,1-3H3/t19-,20+,21+,22?,26+/m1/s1. The normalized spacial score (nSPS) is 32.6. The molecule has 0 saturated carbocycles. The van der Waals surface area contributed by atoms with Gasteiger partial charge in [-0.3, -0.25) is 14.4 Å². The van der Waals surface area contributed by atoms with Gasteiger partial charge in [-0.1, -0.05) is 36.4 Å². The highest BCUT2D eigenvalue weighted by Crippen LogP contribution is 2.53. The zero-order valence-electron chi connectivity index (χ0n) is 19.8. The van der Waals surface area contributed by atoms with Gasteiger partial charge in [0.1, 0.15) is 11.6 Å². The number of anilines is 1. The molecule has 4 heterocycles. The summed E-state index contributed by atoms with van der Waals surface area (Å²) in [6, 6.07) is 5.06. The van der Waals surface area contributed by atoms with Crippen LogP contribution in [0.3, 0.4) is 0 Å². The molecule has 1 unspecified atom stereocenters. The summed E-state index contributed by atoms with van der Waals surface area (Å²) in [5, 5.41) is 9.48. The first-order valence-corrected chi connectivity index (χ1v) is 11.9. The Kier molecular flexibility index (Phi) is 5.61. The van der Waals surface area contributed by atoms with E-state index in [1.165, 1.54) is 4.90 Å². The van der Waals surface area contributed by atoms with Crippen LogP contribution in [0.15, 0.2) is 42.5 Å². The van der Waals surface area contributed by atoms with Gasteiger partial charge in [0, 0.05) is 39.0 Å². The number of carbonyl (C=O) groups is 3. The third-order valence-corrected chi connectivity index (χ3v) is 7.57. The summed E-state index contributed by atoms with van der Waals surface area (Å²) in [6.45, 7) is 4.86. The Morgan fingerprint density at radius 3 is 2.65 bits per heavy atom. The molecule has 34 heavy (non-hydrogen) atoms. The monoisotopic (exact) mass is 465 g/mol. The third kappa shape index (κ3) is 3.23. The fourth-order valence-corrected chi connectivity index (χ4v) is 5.97. The zero-order chi connectivity index (χ0) is 24.2. The molecular weight excluding hydrogens is 434 g/mol. The van der Waals surface area contributed by atoms with E-state index >= 15 is 0 Å². The number of fused-ring (bicyclic) bond motifs is 2. The van der Waals surface area contributed by atoms with Gasteiger partial charge in [-0.25, -0.2) is 0 Å². The number of nitrogens with zero attached hydrogens (tertiary/aromatic N) is 3. The summed E-state index contributed by atoms with van der Waals surface area (Å²) in [6.07, 6.45) is 7.24. The number of aliphatic hydroxyl groups is 1. The number of rotatable bonds is 4. The van der Waals surface area contributed by atoms with Gasteiger partial charge in [0.15, 0.2) is 0 Å². The summed E-state index contributed by atoms with van der Waals surface area (Å²) in [4.78, 5) is 46.2. The number of likely N-dealkylation sites (N-methyl/N-ethyl adjacent to an activating group) is 1. The number of aliphatic hydroxyl groups excluding tert-OH is 1. The second-order valence-electron chi connectivity index (χ2n) is 9.74. The van der Waals surface area contributed by atoms with Gasteiger partial charge in [0.2, 0.25) is 11.8 Å². The highest BCUT2D eigenvalue weighted by Gasteiger charge is 2.71. The fourth-order valence-electron chi connectivity index (χ4n) is 5.97. The second-order valence-corrected chi connectivity index (χ2v) is 9.74. The average molecular weight is 466 g/mol. The van der Waals surface area contributed by atoms with Crippen LogP contribution in [0.25, 0.3) is 0 Å². The third-order valence-electron chi connectivity index (χ3n) is 7.57. The van der Waals surface area contributed by atoms with Crippen molar-refractivity contribution in [3.63, 3.8) is 0 Å². The molecule has 1 N–H and O–H groups in total. The van der Waals surface area contributed by atoms with E-state index in [-0.39, 0.29) is 30.9 Å². The second kappa shape index (κ2) is 8.36. The summed E-state index contributed by atoms with van der Waals surface area (Å²) >= 11 is 0. The molecule has 2 saturated heterocycles. The average Bonchev–Trinajstić information content (AvgIpc) is 3.13. The van der Waals surface area contributed by atoms with Crippen molar-refractivity contribution >= 4 is 23.4 Å². The predicted molar refractivity (Wildman–Crippen MR) is 126 cm³/mol. The number of benzene rings is 1. The van der Waals surface area contributed by atoms with Crippen LogP contribution in [-0.2, 0) is 19.1 Å². The Balaban J connectivity index is 1.63. The Labute approximate surface area is 199 Å². The van der Waals surface area contributed by atoms with Crippen molar-refractivity contribution in [1.29, 1.82) is 0 Å². The van der Waals surface area contributed by atoms with Gasteiger partial charge in [-0.15, -0.1) is 0 Å². The number of likely N-dealkylation sites (tertiary alicyclic amines) is 1. The van der Waals surface area contributed by atoms with Gasteiger partial charge in [-0.05, 0) is 37.5 Å². The summed E-state index contributed by atoms with van der Waals surface area (Å²) in [5.41, 5.74) is 1.56. The van der Waals surface area contributed by atoms with Crippen LogP contribution in [0.1, 0.15) is 17.5 Å². The zero-order valence-corrected chi connectivity index (χ0v) is 19.8. The van der Waals surface area contributed by atoms with Crippen LogP contribution in [0.2, 0.25) is 0 Å². The number of carbonyl (C=O) groups excluding carboxylic acids is 3. The maximum absolute atomic E-state index is 14.2. The lowest BCUT2D eigenvalue weighted by Crippen LogP contribution is -2.55. The van der Waals surface area contributed by atoms with E-state index in [2.05, 4.69) is 0 Å². The summed E-state index contributed by atoms with van der Waals surface area (Å²) in [7, 11) is 1.72. The molecule has 0 aliphatic carbocycles. The maximum atomic E-state index is 14.2. The molecule has 180 valence electrons. The smallest absolute Gasteiger partial charge is 0.253 e. The van der Waals surface area contributed by atoms with E-state index < -0.39 is 29.6 Å². The van der Waals surface area contributed by atoms with Crippen LogP contribution >= 0.6 is 0 Å². The largest absolute Gasteiger partial charge is 0.396 e. The predicted octanol–water partition coefficient (Wildman–Crippen LogP) is 1.20. The molecule has 1 spiro atoms. The van der Waals surface area contributed by atoms with Crippen molar-refractivity contribution in [2.45, 2.75) is 38.0 Å². The quantitative estimate of drug-likeness (QED) is 0.675. The van der Waals surface area contributed by atoms with Gasteiger partial charge in [-0.2, -0.15) is 0 Å². The van der Waals surface area contributed by atoms with E-state index in [1.54, 1.807) is 16.8 Å². The van der Waals surface area contributed by atoms with E-state index in [9.17, 15) is 19.5 Å². The minimum absolute atomic E-state index is 0.101. The first kappa shape index (κ1) is 22.8. The molecule has 2 fully saturated rings. The maximum Gasteiger partial charge on any atom is 0.253 e. The molecule has 8 heteroatoms. The van der Waals surface area contributed by atoms with E-state index in [1.807, 2.05) is 56.4 Å². The van der Waals surface area contributed by atoms with Crippen LogP contribution in [0, 0.1) is 25.7 Å². The van der Waals surface area contributed by atoms with Gasteiger partial charge >= 0.3 is 0 Å². The summed E-state index contributed by atoms with van der Waals surface area (Å²) in [5.74, 6) is -2.12. The Morgan fingerprint density at radius 2 is 1.88 bits per heavy atom. The molecule has 5 atom stereocenters.